The Labute approximate surface area is 193 Å². The quantitative estimate of drug-likeness (QED) is 0.223. The van der Waals surface area contributed by atoms with Gasteiger partial charge in [0.05, 0.1) is 7.11 Å². The Morgan fingerprint density at radius 3 is 2.55 bits per heavy atom. The van der Waals surface area contributed by atoms with Crippen molar-refractivity contribution in [2.45, 2.75) is 78.2 Å². The topological polar surface area (TPSA) is 78.9 Å². The van der Waals surface area contributed by atoms with Crippen LogP contribution in [0.1, 0.15) is 84.0 Å². The van der Waals surface area contributed by atoms with Crippen molar-refractivity contribution in [3.63, 3.8) is 0 Å². The molecule has 6 heteroatoms. The van der Waals surface area contributed by atoms with Crippen LogP contribution in [0.2, 0.25) is 0 Å². The van der Waals surface area contributed by atoms with Gasteiger partial charge >= 0.3 is 11.6 Å². The van der Waals surface area contributed by atoms with Crippen molar-refractivity contribution in [2.75, 3.05) is 7.11 Å². The van der Waals surface area contributed by atoms with Crippen LogP contribution in [-0.4, -0.2) is 13.1 Å². The number of methoxy groups -OCH3 is 1. The van der Waals surface area contributed by atoms with Gasteiger partial charge in [-0.15, -0.1) is 0 Å². The molecule has 0 fully saturated rings. The van der Waals surface area contributed by atoms with E-state index in [1.165, 1.54) is 26.4 Å². The summed E-state index contributed by atoms with van der Waals surface area (Å²) in [6.45, 7) is 4.24. The SMILES string of the molecule is CCCCCCc1cc2c3c(c(=O)oc2cc1OCc1cc(C(=O)OC)oc1C)CCCC3. The molecule has 176 valence electrons. The lowest BCUT2D eigenvalue weighted by Crippen LogP contribution is -2.16. The summed E-state index contributed by atoms with van der Waals surface area (Å²) in [5.41, 5.74) is 4.22. The molecule has 6 nitrogen and oxygen atoms in total. The second-order valence-corrected chi connectivity index (χ2v) is 8.79. The first-order chi connectivity index (χ1) is 16.0. The average molecular weight is 453 g/mol. The average Bonchev–Trinajstić information content (AvgIpc) is 3.20. The molecule has 0 aliphatic heterocycles. The van der Waals surface area contributed by atoms with E-state index in [9.17, 15) is 9.59 Å². The van der Waals surface area contributed by atoms with Gasteiger partial charge in [-0.25, -0.2) is 9.59 Å². The van der Waals surface area contributed by atoms with Crippen molar-refractivity contribution in [3.8, 4) is 5.75 Å². The Morgan fingerprint density at radius 2 is 1.79 bits per heavy atom. The summed E-state index contributed by atoms with van der Waals surface area (Å²) in [4.78, 5) is 24.3. The fourth-order valence-corrected chi connectivity index (χ4v) is 4.61. The van der Waals surface area contributed by atoms with Crippen molar-refractivity contribution in [2.24, 2.45) is 0 Å². The highest BCUT2D eigenvalue weighted by Gasteiger charge is 2.21. The maximum Gasteiger partial charge on any atom is 0.373 e. The van der Waals surface area contributed by atoms with Gasteiger partial charge in [0.2, 0.25) is 5.76 Å². The van der Waals surface area contributed by atoms with E-state index in [4.69, 9.17) is 18.3 Å². The number of rotatable bonds is 9. The van der Waals surface area contributed by atoms with Gasteiger partial charge in [0.25, 0.3) is 0 Å². The lowest BCUT2D eigenvalue weighted by molar-refractivity contribution is 0.0563. The minimum absolute atomic E-state index is 0.157. The molecule has 0 amide bonds. The fraction of sp³-hybridized carbons (Fsp3) is 0.481. The number of hydrogen-bond acceptors (Lipinski definition) is 6. The smallest absolute Gasteiger partial charge is 0.373 e. The summed E-state index contributed by atoms with van der Waals surface area (Å²) in [7, 11) is 1.32. The van der Waals surface area contributed by atoms with E-state index in [1.807, 2.05) is 6.07 Å². The number of ether oxygens (including phenoxy) is 2. The van der Waals surface area contributed by atoms with E-state index in [0.717, 1.165) is 66.2 Å². The second kappa shape index (κ2) is 10.3. The van der Waals surface area contributed by atoms with Gasteiger partial charge in [0, 0.05) is 22.6 Å². The molecule has 0 saturated heterocycles. The predicted octanol–water partition coefficient (Wildman–Crippen LogP) is 6.06. The fourth-order valence-electron chi connectivity index (χ4n) is 4.61. The molecule has 0 saturated carbocycles. The third kappa shape index (κ3) is 5.00. The zero-order chi connectivity index (χ0) is 23.4. The third-order valence-electron chi connectivity index (χ3n) is 6.49. The van der Waals surface area contributed by atoms with E-state index in [2.05, 4.69) is 13.0 Å². The van der Waals surface area contributed by atoms with Crippen molar-refractivity contribution < 1.29 is 23.1 Å². The maximum atomic E-state index is 12.6. The van der Waals surface area contributed by atoms with Crippen LogP contribution in [0.25, 0.3) is 11.0 Å². The molecule has 0 N–H and O–H groups in total. The highest BCUT2D eigenvalue weighted by Crippen LogP contribution is 2.33. The number of aryl methyl sites for hydroxylation is 3. The molecular weight excluding hydrogens is 420 g/mol. The molecule has 1 aliphatic carbocycles. The van der Waals surface area contributed by atoms with Gasteiger partial charge in [-0.2, -0.15) is 0 Å². The van der Waals surface area contributed by atoms with Crippen molar-refractivity contribution in [1.82, 2.24) is 0 Å². The molecule has 3 aromatic rings. The van der Waals surface area contributed by atoms with Crippen LogP contribution in [0.5, 0.6) is 5.75 Å². The summed E-state index contributed by atoms with van der Waals surface area (Å²) in [5.74, 6) is 0.960. The Hall–Kier alpha value is -3.02. The Morgan fingerprint density at radius 1 is 1.00 bits per heavy atom. The zero-order valence-corrected chi connectivity index (χ0v) is 19.8. The van der Waals surface area contributed by atoms with Gasteiger partial charge in [0.1, 0.15) is 23.7 Å². The van der Waals surface area contributed by atoms with Crippen molar-refractivity contribution in [3.05, 3.63) is 62.4 Å². The van der Waals surface area contributed by atoms with E-state index in [-0.39, 0.29) is 18.0 Å². The van der Waals surface area contributed by atoms with Crippen molar-refractivity contribution in [1.29, 1.82) is 0 Å². The monoisotopic (exact) mass is 452 g/mol. The molecule has 0 radical (unpaired) electrons. The number of hydrogen-bond donors (Lipinski definition) is 0. The highest BCUT2D eigenvalue weighted by atomic mass is 16.5. The molecule has 2 heterocycles. The van der Waals surface area contributed by atoms with Gasteiger partial charge in [0.15, 0.2) is 0 Å². The maximum absolute atomic E-state index is 12.6. The normalized spacial score (nSPS) is 13.2. The summed E-state index contributed by atoms with van der Waals surface area (Å²) in [6.07, 6.45) is 9.37. The number of furan rings is 1. The molecule has 4 rings (SSSR count). The van der Waals surface area contributed by atoms with Crippen molar-refractivity contribution >= 4 is 16.9 Å². The van der Waals surface area contributed by atoms with Gasteiger partial charge < -0.3 is 18.3 Å². The molecule has 0 unspecified atom stereocenters. The Kier molecular flexibility index (Phi) is 7.21. The van der Waals surface area contributed by atoms with Crippen LogP contribution in [0, 0.1) is 6.92 Å². The molecule has 2 aromatic heterocycles. The van der Waals surface area contributed by atoms with E-state index in [0.29, 0.717) is 17.1 Å². The summed E-state index contributed by atoms with van der Waals surface area (Å²) in [5, 5.41) is 1.04. The third-order valence-corrected chi connectivity index (χ3v) is 6.49. The minimum atomic E-state index is -0.516. The highest BCUT2D eigenvalue weighted by molar-refractivity contribution is 5.86. The Bertz CT molecular complexity index is 1200. The molecule has 1 aromatic carbocycles. The van der Waals surface area contributed by atoms with Crippen LogP contribution in [0.15, 0.2) is 31.8 Å². The van der Waals surface area contributed by atoms with Gasteiger partial charge in [-0.05, 0) is 68.7 Å². The molecule has 0 bridgehead atoms. The summed E-state index contributed by atoms with van der Waals surface area (Å²) >= 11 is 0. The summed E-state index contributed by atoms with van der Waals surface area (Å²) in [6, 6.07) is 5.67. The first-order valence-corrected chi connectivity index (χ1v) is 11.9. The molecule has 0 spiro atoms. The standard InChI is InChI=1S/C27H32O6/c1-4-5-6-7-10-18-13-22-20-11-8-9-12-21(20)26(28)33-24(22)15-23(18)31-16-19-14-25(27(29)30-3)32-17(19)2/h13-15H,4-12,16H2,1-3H3. The van der Waals surface area contributed by atoms with E-state index >= 15 is 0 Å². The van der Waals surface area contributed by atoms with E-state index < -0.39 is 5.97 Å². The van der Waals surface area contributed by atoms with Gasteiger partial charge in [-0.3, -0.25) is 0 Å². The second-order valence-electron chi connectivity index (χ2n) is 8.79. The number of unbranched alkanes of at least 4 members (excludes halogenated alkanes) is 3. The molecule has 33 heavy (non-hydrogen) atoms. The lowest BCUT2D eigenvalue weighted by atomic mass is 9.89. The number of fused-ring (bicyclic) bond motifs is 3. The van der Waals surface area contributed by atoms with Gasteiger partial charge in [-0.1, -0.05) is 26.2 Å². The predicted molar refractivity (Wildman–Crippen MR) is 126 cm³/mol. The molecular formula is C27H32O6. The number of esters is 1. The number of carbonyl (C=O) groups is 1. The molecule has 0 atom stereocenters. The number of benzene rings is 1. The van der Waals surface area contributed by atoms with Crippen LogP contribution in [0.4, 0.5) is 0 Å². The molecule has 1 aliphatic rings. The largest absolute Gasteiger partial charge is 0.488 e. The first-order valence-electron chi connectivity index (χ1n) is 11.9. The number of carbonyl (C=O) groups excluding carboxylic acids is 1. The van der Waals surface area contributed by atoms with E-state index in [1.54, 1.807) is 13.0 Å². The zero-order valence-electron chi connectivity index (χ0n) is 19.8. The van der Waals surface area contributed by atoms with Crippen LogP contribution in [-0.2, 0) is 30.6 Å². The Balaban J connectivity index is 1.67. The van der Waals surface area contributed by atoms with Crippen LogP contribution in [0.3, 0.4) is 0 Å². The van der Waals surface area contributed by atoms with Crippen LogP contribution < -0.4 is 10.4 Å². The van der Waals surface area contributed by atoms with Crippen LogP contribution >= 0.6 is 0 Å². The first kappa shape index (κ1) is 23.1. The summed E-state index contributed by atoms with van der Waals surface area (Å²) < 4.78 is 22.2. The minimum Gasteiger partial charge on any atom is -0.488 e. The lowest BCUT2D eigenvalue weighted by Gasteiger charge is -2.18.